The first-order valence-electron chi connectivity index (χ1n) is 9.07. The van der Waals surface area contributed by atoms with Crippen LogP contribution in [0.1, 0.15) is 16.7 Å². The summed E-state index contributed by atoms with van der Waals surface area (Å²) in [5.74, 6) is -1.56. The largest absolute Gasteiger partial charge is 0.417 e. The van der Waals surface area contributed by atoms with Crippen LogP contribution in [0.3, 0.4) is 0 Å². The van der Waals surface area contributed by atoms with Crippen LogP contribution in [0.4, 0.5) is 33.3 Å². The lowest BCUT2D eigenvalue weighted by molar-refractivity contribution is -0.137. The molecule has 8 nitrogen and oxygen atoms in total. The molecule has 2 atom stereocenters. The van der Waals surface area contributed by atoms with Gasteiger partial charge in [-0.15, -0.1) is 0 Å². The van der Waals surface area contributed by atoms with Gasteiger partial charge in [0.2, 0.25) is 5.50 Å². The van der Waals surface area contributed by atoms with Gasteiger partial charge in [-0.2, -0.15) is 26.9 Å². The van der Waals surface area contributed by atoms with Crippen molar-refractivity contribution in [1.82, 2.24) is 0 Å². The zero-order valence-corrected chi connectivity index (χ0v) is 17.2. The van der Waals surface area contributed by atoms with Crippen molar-refractivity contribution in [3.63, 3.8) is 0 Å². The summed E-state index contributed by atoms with van der Waals surface area (Å²) in [6.45, 7) is 0.0663. The molecule has 2 aromatic carbocycles. The van der Waals surface area contributed by atoms with E-state index in [2.05, 4.69) is 0 Å². The lowest BCUT2D eigenvalue weighted by atomic mass is 10.1. The third kappa shape index (κ3) is 4.47. The van der Waals surface area contributed by atoms with Gasteiger partial charge in [0.25, 0.3) is 12.3 Å². The maximum Gasteiger partial charge on any atom is 0.417 e. The number of anilines is 2. The molecular formula is C19H15F5N4O4S. The summed E-state index contributed by atoms with van der Waals surface area (Å²) >= 11 is 0. The van der Waals surface area contributed by atoms with Gasteiger partial charge >= 0.3 is 16.3 Å². The number of halogens is 5. The van der Waals surface area contributed by atoms with E-state index in [9.17, 15) is 39.7 Å². The second kappa shape index (κ2) is 8.58. The highest BCUT2D eigenvalue weighted by Crippen LogP contribution is 2.40. The van der Waals surface area contributed by atoms with Crippen LogP contribution in [0.25, 0.3) is 0 Å². The zero-order valence-electron chi connectivity index (χ0n) is 16.4. The number of nitrogens with zero attached hydrogens (tertiary/aromatic N) is 3. The minimum absolute atomic E-state index is 0.0663. The normalized spacial score (nSPS) is 19.3. The minimum Gasteiger partial charge on any atom is -0.326 e. The Morgan fingerprint density at radius 2 is 1.70 bits per heavy atom. The molecule has 2 unspecified atom stereocenters. The van der Waals surface area contributed by atoms with Gasteiger partial charge in [0, 0.05) is 17.9 Å². The third-order valence-electron chi connectivity index (χ3n) is 4.93. The molecule has 0 aromatic heterocycles. The first-order chi connectivity index (χ1) is 15.3. The molecular weight excluding hydrogens is 475 g/mol. The number of amides is 1. The lowest BCUT2D eigenvalue weighted by Crippen LogP contribution is -2.48. The highest BCUT2D eigenvalue weighted by molar-refractivity contribution is 7.86. The van der Waals surface area contributed by atoms with Crippen molar-refractivity contribution in [2.75, 3.05) is 9.80 Å². The molecule has 0 bridgehead atoms. The average molecular weight is 490 g/mol. The van der Waals surface area contributed by atoms with Crippen LogP contribution in [-0.2, 0) is 27.6 Å². The molecule has 1 saturated heterocycles. The first-order valence-corrected chi connectivity index (χ1v) is 10.6. The summed E-state index contributed by atoms with van der Waals surface area (Å²) in [6, 6.07) is 5.75. The summed E-state index contributed by atoms with van der Waals surface area (Å²) in [5.41, 5.74) is 0.201. The predicted molar refractivity (Wildman–Crippen MR) is 106 cm³/mol. The van der Waals surface area contributed by atoms with Crippen molar-refractivity contribution in [2.45, 2.75) is 30.7 Å². The van der Waals surface area contributed by atoms with Crippen LogP contribution in [-0.4, -0.2) is 36.8 Å². The Labute approximate surface area is 184 Å². The Hall–Kier alpha value is -3.28. The molecule has 0 saturated carbocycles. The zero-order chi connectivity index (χ0) is 24.7. The van der Waals surface area contributed by atoms with Crippen molar-refractivity contribution in [3.05, 3.63) is 59.2 Å². The fourth-order valence-corrected chi connectivity index (χ4v) is 4.53. The van der Waals surface area contributed by atoms with E-state index in [-0.39, 0.29) is 23.2 Å². The average Bonchev–Trinajstić information content (AvgIpc) is 3.06. The van der Waals surface area contributed by atoms with Gasteiger partial charge in [0.15, 0.2) is 6.04 Å². The summed E-state index contributed by atoms with van der Waals surface area (Å²) in [4.78, 5) is 13.4. The van der Waals surface area contributed by atoms with Gasteiger partial charge in [-0.3, -0.25) is 14.2 Å². The van der Waals surface area contributed by atoms with Crippen LogP contribution in [0.15, 0.2) is 42.5 Å². The van der Waals surface area contributed by atoms with Gasteiger partial charge in [0.05, 0.1) is 17.2 Å². The number of nitrogens with two attached hydrogens (primary N) is 1. The van der Waals surface area contributed by atoms with Crippen molar-refractivity contribution in [2.24, 2.45) is 5.73 Å². The maximum atomic E-state index is 13.9. The summed E-state index contributed by atoms with van der Waals surface area (Å²) < 4.78 is 102. The van der Waals surface area contributed by atoms with Crippen LogP contribution in [0.5, 0.6) is 0 Å². The molecule has 176 valence electrons. The van der Waals surface area contributed by atoms with Crippen LogP contribution >= 0.6 is 0 Å². The quantitative estimate of drug-likeness (QED) is 0.487. The number of carbonyl (C=O) groups is 1. The molecule has 2 aromatic rings. The SMILES string of the molecule is N#Cc1ccc(N2C(=O)C(C(F)F)N(c3ccc(CN)cc3)C2S(=O)(=O)O)cc1C(F)(F)F. The van der Waals surface area contributed by atoms with Gasteiger partial charge in [-0.1, -0.05) is 12.1 Å². The molecule has 0 aliphatic carbocycles. The van der Waals surface area contributed by atoms with E-state index >= 15 is 0 Å². The number of nitriles is 1. The molecule has 0 radical (unpaired) electrons. The number of benzene rings is 2. The fourth-order valence-electron chi connectivity index (χ4n) is 3.50. The molecule has 14 heteroatoms. The van der Waals surface area contributed by atoms with Crippen molar-refractivity contribution >= 4 is 27.4 Å². The molecule has 3 rings (SSSR count). The van der Waals surface area contributed by atoms with E-state index in [0.29, 0.717) is 16.5 Å². The van der Waals surface area contributed by atoms with Crippen LogP contribution in [0.2, 0.25) is 0 Å². The smallest absolute Gasteiger partial charge is 0.326 e. The summed E-state index contributed by atoms with van der Waals surface area (Å²) in [7, 11) is -5.35. The number of alkyl halides is 5. The second-order valence-electron chi connectivity index (χ2n) is 6.95. The molecule has 1 aliphatic heterocycles. The molecule has 1 aliphatic rings. The van der Waals surface area contributed by atoms with Gasteiger partial charge in [-0.05, 0) is 35.9 Å². The van der Waals surface area contributed by atoms with E-state index in [1.54, 1.807) is 0 Å². The maximum absolute atomic E-state index is 13.9. The first kappa shape index (κ1) is 24.4. The van der Waals surface area contributed by atoms with Crippen molar-refractivity contribution < 1.29 is 39.7 Å². The van der Waals surface area contributed by atoms with Crippen molar-refractivity contribution in [3.8, 4) is 6.07 Å². The Balaban J connectivity index is 2.25. The Bertz CT molecular complexity index is 1210. The number of hydrogen-bond donors (Lipinski definition) is 2. The topological polar surface area (TPSA) is 128 Å². The Morgan fingerprint density at radius 1 is 1.12 bits per heavy atom. The molecule has 1 amide bonds. The van der Waals surface area contributed by atoms with Crippen LogP contribution < -0.4 is 15.5 Å². The molecule has 1 fully saturated rings. The van der Waals surface area contributed by atoms with Gasteiger partial charge in [-0.25, -0.2) is 8.78 Å². The number of rotatable bonds is 5. The van der Waals surface area contributed by atoms with Crippen LogP contribution in [0, 0.1) is 11.3 Å². The predicted octanol–water partition coefficient (Wildman–Crippen LogP) is 2.69. The van der Waals surface area contributed by atoms with E-state index in [1.165, 1.54) is 30.3 Å². The number of hydrogen-bond acceptors (Lipinski definition) is 6. The van der Waals surface area contributed by atoms with E-state index in [4.69, 9.17) is 11.0 Å². The Morgan fingerprint density at radius 3 is 2.15 bits per heavy atom. The lowest BCUT2D eigenvalue weighted by Gasteiger charge is -2.30. The van der Waals surface area contributed by atoms with Gasteiger partial charge in [0.1, 0.15) is 0 Å². The minimum atomic E-state index is -5.35. The van der Waals surface area contributed by atoms with Crippen molar-refractivity contribution in [1.29, 1.82) is 5.26 Å². The van der Waals surface area contributed by atoms with Gasteiger partial charge < -0.3 is 10.6 Å². The summed E-state index contributed by atoms with van der Waals surface area (Å²) in [5, 5.41) is 8.94. The third-order valence-corrected chi connectivity index (χ3v) is 5.90. The monoisotopic (exact) mass is 490 g/mol. The Kier molecular flexibility index (Phi) is 6.33. The van der Waals surface area contributed by atoms with E-state index in [1.807, 2.05) is 0 Å². The molecule has 3 N–H and O–H groups in total. The molecule has 0 spiro atoms. The van der Waals surface area contributed by atoms with E-state index in [0.717, 1.165) is 6.07 Å². The number of carbonyl (C=O) groups excluding carboxylic acids is 1. The standard InChI is InChI=1S/C19H15F5N4O4S/c20-16(21)15-17(29)28(13-6-3-11(9-26)14(7-13)19(22,23)24)18(33(30,31)32)27(15)12-4-1-10(8-25)2-5-12/h1-7,15-16,18H,8,25H2,(H,30,31,32). The van der Waals surface area contributed by atoms with E-state index < -0.39 is 57.0 Å². The fraction of sp³-hybridized carbons (Fsp3) is 0.263. The molecule has 33 heavy (non-hydrogen) atoms. The summed E-state index contributed by atoms with van der Waals surface area (Å²) in [6.07, 6.45) is -8.54. The highest BCUT2D eigenvalue weighted by Gasteiger charge is 2.56. The highest BCUT2D eigenvalue weighted by atomic mass is 32.2. The molecule has 1 heterocycles. The second-order valence-corrected chi connectivity index (χ2v) is 8.40.